The standard InChI is InChI=1S/C71H46/c1-43-24-34-66-63(36-43)64-37-44(2)25-35-67(64)71(66)65-23-7-6-18-57(65)58-31-30-52(42-68(58)71)51-29-28-49-38-48(26-27-50(49)39-51)47-15-9-16-53(41-47)55-32-33-62-69-56(19-10-21-60(69)61-22-11-20-59(55)70(61)62)54-17-8-14-46(40-54)45-12-4-3-5-13-45/h3-42H,1-2H3. The Labute approximate surface area is 414 Å². The van der Waals surface area contributed by atoms with E-state index in [0.717, 1.165) is 0 Å². The van der Waals surface area contributed by atoms with Gasteiger partial charge in [0.1, 0.15) is 0 Å². The number of fused-ring (bicyclic) bond motifs is 14. The average molecular weight is 899 g/mol. The molecule has 3 aliphatic rings. The van der Waals surface area contributed by atoms with Crippen molar-refractivity contribution in [1.82, 2.24) is 0 Å². The van der Waals surface area contributed by atoms with E-state index in [2.05, 4.69) is 257 Å². The second-order valence-corrected chi connectivity index (χ2v) is 20.1. The Balaban J connectivity index is 0.783. The highest BCUT2D eigenvalue weighted by molar-refractivity contribution is 6.21. The summed E-state index contributed by atoms with van der Waals surface area (Å²) in [6.07, 6.45) is 0. The van der Waals surface area contributed by atoms with E-state index in [1.54, 1.807) is 0 Å². The fourth-order valence-electron chi connectivity index (χ4n) is 13.0. The molecule has 0 unspecified atom stereocenters. The van der Waals surface area contributed by atoms with Crippen molar-refractivity contribution in [2.24, 2.45) is 0 Å². The highest BCUT2D eigenvalue weighted by Crippen LogP contribution is 2.63. The molecule has 0 bridgehead atoms. The summed E-state index contributed by atoms with van der Waals surface area (Å²) in [4.78, 5) is 0. The molecule has 0 saturated heterocycles. The second kappa shape index (κ2) is 15.1. The molecule has 0 aliphatic heterocycles. The second-order valence-electron chi connectivity index (χ2n) is 20.1. The van der Waals surface area contributed by atoms with Gasteiger partial charge in [-0.25, -0.2) is 0 Å². The first kappa shape index (κ1) is 40.1. The zero-order chi connectivity index (χ0) is 47.0. The monoisotopic (exact) mass is 898 g/mol. The molecule has 330 valence electrons. The van der Waals surface area contributed by atoms with E-state index in [4.69, 9.17) is 0 Å². The lowest BCUT2D eigenvalue weighted by Crippen LogP contribution is -2.25. The van der Waals surface area contributed by atoms with Crippen molar-refractivity contribution in [1.29, 1.82) is 0 Å². The smallest absolute Gasteiger partial charge is 0.0622 e. The first-order chi connectivity index (χ1) is 35.0. The summed E-state index contributed by atoms with van der Waals surface area (Å²) in [5.74, 6) is 0. The zero-order valence-corrected chi connectivity index (χ0v) is 39.6. The van der Waals surface area contributed by atoms with E-state index < -0.39 is 0 Å². The summed E-state index contributed by atoms with van der Waals surface area (Å²) in [6, 6.07) is 91.7. The van der Waals surface area contributed by atoms with Gasteiger partial charge in [-0.3, -0.25) is 0 Å². The molecule has 0 amide bonds. The maximum atomic E-state index is 2.50. The van der Waals surface area contributed by atoms with Crippen LogP contribution in [0.2, 0.25) is 0 Å². The van der Waals surface area contributed by atoms with Crippen LogP contribution in [0.1, 0.15) is 33.4 Å². The lowest BCUT2D eigenvalue weighted by atomic mass is 9.70. The van der Waals surface area contributed by atoms with E-state index in [1.807, 2.05) is 0 Å². The molecule has 0 aromatic heterocycles. The van der Waals surface area contributed by atoms with Crippen LogP contribution in [0, 0.1) is 13.8 Å². The average Bonchev–Trinajstić information content (AvgIpc) is 4.04. The quantitative estimate of drug-likeness (QED) is 0.161. The number of hydrogen-bond acceptors (Lipinski definition) is 0. The molecule has 0 nitrogen and oxygen atoms in total. The summed E-state index contributed by atoms with van der Waals surface area (Å²) >= 11 is 0. The zero-order valence-electron chi connectivity index (χ0n) is 39.6. The molecule has 0 atom stereocenters. The molecule has 0 saturated carbocycles. The number of rotatable bonds is 5. The van der Waals surface area contributed by atoms with Gasteiger partial charge < -0.3 is 0 Å². The fraction of sp³-hybridized carbons (Fsp3) is 0.0423. The van der Waals surface area contributed by atoms with Crippen LogP contribution in [0.5, 0.6) is 0 Å². The molecule has 0 heteroatoms. The van der Waals surface area contributed by atoms with Crippen molar-refractivity contribution < 1.29 is 0 Å². The van der Waals surface area contributed by atoms with Crippen LogP contribution in [-0.4, -0.2) is 0 Å². The molecule has 12 aromatic rings. The van der Waals surface area contributed by atoms with E-state index >= 15 is 0 Å². The van der Waals surface area contributed by atoms with Gasteiger partial charge in [0.15, 0.2) is 0 Å². The lowest BCUT2D eigenvalue weighted by Gasteiger charge is -2.31. The van der Waals surface area contributed by atoms with E-state index in [-0.39, 0.29) is 5.41 Å². The molecule has 0 fully saturated rings. The summed E-state index contributed by atoms with van der Waals surface area (Å²) < 4.78 is 0. The van der Waals surface area contributed by atoms with Crippen molar-refractivity contribution in [3.05, 3.63) is 276 Å². The molecule has 1 spiro atoms. The molecule has 0 heterocycles. The SMILES string of the molecule is Cc1ccc2c(c1)-c1cc(C)ccc1C21c2ccccc2-c2ccc(-c3ccc4cc(-c5cccc(-c6ccc7c8c(cccc68)-c6cccc(-c8cccc(-c9ccccc9)c8)c6-7)c5)ccc4c3)cc21. The predicted octanol–water partition coefficient (Wildman–Crippen LogP) is 18.9. The minimum absolute atomic E-state index is 0.369. The minimum Gasteiger partial charge on any atom is -0.0622 e. The molecule has 15 rings (SSSR count). The molecule has 3 aliphatic carbocycles. The first-order valence-electron chi connectivity index (χ1n) is 25.0. The molecular formula is C71H46. The van der Waals surface area contributed by atoms with E-state index in [0.29, 0.717) is 0 Å². The van der Waals surface area contributed by atoms with Crippen LogP contribution >= 0.6 is 0 Å². The van der Waals surface area contributed by atoms with Crippen molar-refractivity contribution in [2.45, 2.75) is 19.3 Å². The van der Waals surface area contributed by atoms with Crippen LogP contribution < -0.4 is 0 Å². The Hall–Kier alpha value is -8.84. The van der Waals surface area contributed by atoms with E-state index in [9.17, 15) is 0 Å². The predicted molar refractivity (Wildman–Crippen MR) is 299 cm³/mol. The van der Waals surface area contributed by atoms with Gasteiger partial charge >= 0.3 is 0 Å². The van der Waals surface area contributed by atoms with Gasteiger partial charge in [-0.2, -0.15) is 0 Å². The maximum Gasteiger partial charge on any atom is 0.0725 e. The van der Waals surface area contributed by atoms with Gasteiger partial charge in [0.25, 0.3) is 0 Å². The van der Waals surface area contributed by atoms with Crippen molar-refractivity contribution in [2.75, 3.05) is 0 Å². The van der Waals surface area contributed by atoms with Crippen LogP contribution in [0.25, 0.3) is 122 Å². The number of benzene rings is 12. The van der Waals surface area contributed by atoms with Crippen LogP contribution in [0.15, 0.2) is 243 Å². The summed E-state index contributed by atoms with van der Waals surface area (Å²) in [5, 5.41) is 5.10. The summed E-state index contributed by atoms with van der Waals surface area (Å²) in [6.45, 7) is 4.43. The molecule has 0 radical (unpaired) electrons. The summed E-state index contributed by atoms with van der Waals surface area (Å²) in [7, 11) is 0. The van der Waals surface area contributed by atoms with Gasteiger partial charge in [-0.15, -0.1) is 0 Å². The highest BCUT2D eigenvalue weighted by Gasteiger charge is 2.51. The first-order valence-corrected chi connectivity index (χ1v) is 25.0. The Morgan fingerprint density at radius 3 is 1.45 bits per heavy atom. The van der Waals surface area contributed by atoms with Crippen molar-refractivity contribution in [3.63, 3.8) is 0 Å². The van der Waals surface area contributed by atoms with Gasteiger partial charge in [-0.05, 0) is 188 Å². The third-order valence-corrected chi connectivity index (χ3v) is 16.1. The van der Waals surface area contributed by atoms with Crippen LogP contribution in [-0.2, 0) is 5.41 Å². The largest absolute Gasteiger partial charge is 0.0725 e. The van der Waals surface area contributed by atoms with Crippen molar-refractivity contribution >= 4 is 21.5 Å². The van der Waals surface area contributed by atoms with Crippen LogP contribution in [0.4, 0.5) is 0 Å². The topological polar surface area (TPSA) is 0 Å². The van der Waals surface area contributed by atoms with E-state index in [1.165, 1.54) is 155 Å². The third kappa shape index (κ3) is 5.80. The fourth-order valence-corrected chi connectivity index (χ4v) is 13.0. The number of hydrogen-bond donors (Lipinski definition) is 0. The Kier molecular flexibility index (Phi) is 8.51. The Morgan fingerprint density at radius 1 is 0.239 bits per heavy atom. The Bertz CT molecular complexity index is 4190. The highest BCUT2D eigenvalue weighted by atomic mass is 14.5. The normalized spacial score (nSPS) is 13.0. The van der Waals surface area contributed by atoms with Gasteiger partial charge in [-0.1, -0.05) is 223 Å². The van der Waals surface area contributed by atoms with Crippen molar-refractivity contribution in [3.8, 4) is 100 Å². The van der Waals surface area contributed by atoms with Gasteiger partial charge in [0, 0.05) is 0 Å². The molecule has 12 aromatic carbocycles. The van der Waals surface area contributed by atoms with Gasteiger partial charge in [0.05, 0.1) is 5.41 Å². The summed E-state index contributed by atoms with van der Waals surface area (Å²) in [5.41, 5.74) is 30.7. The Morgan fingerprint density at radius 2 is 0.718 bits per heavy atom. The molecular weight excluding hydrogens is 853 g/mol. The van der Waals surface area contributed by atoms with Crippen LogP contribution in [0.3, 0.4) is 0 Å². The molecule has 71 heavy (non-hydrogen) atoms. The minimum atomic E-state index is -0.369. The maximum absolute atomic E-state index is 2.50. The number of aryl methyl sites for hydroxylation is 2. The van der Waals surface area contributed by atoms with Gasteiger partial charge in [0.2, 0.25) is 0 Å². The third-order valence-electron chi connectivity index (χ3n) is 16.1. The molecule has 0 N–H and O–H groups in total. The lowest BCUT2D eigenvalue weighted by molar-refractivity contribution is 0.793.